The fraction of sp³-hybridized carbons (Fsp3) is 0. The van der Waals surface area contributed by atoms with Gasteiger partial charge in [-0.25, -0.2) is 14.6 Å². The van der Waals surface area contributed by atoms with Crippen LogP contribution in [-0.2, 0) is 4.79 Å². The largest absolute Gasteiger partial charge is 0.478 e. The van der Waals surface area contributed by atoms with E-state index in [1.807, 2.05) is 24.3 Å². The summed E-state index contributed by atoms with van der Waals surface area (Å²) in [5.41, 5.74) is 2.61. The molecule has 0 saturated heterocycles. The van der Waals surface area contributed by atoms with E-state index in [1.54, 1.807) is 18.2 Å². The summed E-state index contributed by atoms with van der Waals surface area (Å²) >= 11 is 3.37. The van der Waals surface area contributed by atoms with E-state index in [1.165, 1.54) is 12.1 Å². The normalized spacial score (nSPS) is 11.1. The Balaban J connectivity index is 2.18. The van der Waals surface area contributed by atoms with Crippen molar-refractivity contribution in [3.05, 3.63) is 70.2 Å². The van der Waals surface area contributed by atoms with Crippen molar-refractivity contribution < 1.29 is 19.8 Å². The lowest BCUT2D eigenvalue weighted by molar-refractivity contribution is -0.131. The molecule has 124 valence electrons. The minimum absolute atomic E-state index is 0.119. The van der Waals surface area contributed by atoms with Crippen molar-refractivity contribution in [2.24, 2.45) is 0 Å². The third-order valence-corrected chi connectivity index (χ3v) is 4.15. The van der Waals surface area contributed by atoms with Gasteiger partial charge < -0.3 is 10.2 Å². The zero-order valence-corrected chi connectivity index (χ0v) is 14.4. The van der Waals surface area contributed by atoms with Gasteiger partial charge >= 0.3 is 11.9 Å². The maximum atomic E-state index is 11.7. The number of fused-ring (bicyclic) bond motifs is 1. The molecule has 0 radical (unpaired) electrons. The lowest BCUT2D eigenvalue weighted by Crippen LogP contribution is -2.00. The Morgan fingerprint density at radius 3 is 2.36 bits per heavy atom. The number of hydrogen-bond acceptors (Lipinski definition) is 3. The second kappa shape index (κ2) is 6.86. The van der Waals surface area contributed by atoms with Gasteiger partial charge in [0.1, 0.15) is 0 Å². The maximum absolute atomic E-state index is 11.7. The average molecular weight is 398 g/mol. The molecule has 0 aliphatic carbocycles. The van der Waals surface area contributed by atoms with E-state index in [4.69, 9.17) is 5.11 Å². The summed E-state index contributed by atoms with van der Waals surface area (Å²) < 4.78 is 0.922. The van der Waals surface area contributed by atoms with Crippen molar-refractivity contribution in [3.63, 3.8) is 0 Å². The van der Waals surface area contributed by atoms with Crippen LogP contribution in [0.5, 0.6) is 0 Å². The highest BCUT2D eigenvalue weighted by Gasteiger charge is 2.13. The van der Waals surface area contributed by atoms with Gasteiger partial charge in [0, 0.05) is 21.5 Å². The number of aromatic nitrogens is 1. The second-order valence-corrected chi connectivity index (χ2v) is 6.23. The molecule has 3 rings (SSSR count). The number of nitrogens with zero attached hydrogens (tertiary/aromatic N) is 1. The van der Waals surface area contributed by atoms with Gasteiger partial charge in [0.25, 0.3) is 0 Å². The zero-order chi connectivity index (χ0) is 18.0. The van der Waals surface area contributed by atoms with Gasteiger partial charge in [-0.05, 0) is 42.0 Å². The van der Waals surface area contributed by atoms with Gasteiger partial charge in [0.05, 0.1) is 16.8 Å². The van der Waals surface area contributed by atoms with Crippen LogP contribution in [-0.4, -0.2) is 27.1 Å². The highest BCUT2D eigenvalue weighted by atomic mass is 79.9. The van der Waals surface area contributed by atoms with Crippen LogP contribution in [0.25, 0.3) is 28.2 Å². The smallest absolute Gasteiger partial charge is 0.336 e. The first-order valence-electron chi connectivity index (χ1n) is 7.29. The average Bonchev–Trinajstić information content (AvgIpc) is 2.59. The quantitative estimate of drug-likeness (QED) is 0.634. The number of halogens is 1. The van der Waals surface area contributed by atoms with Crippen LogP contribution in [0.1, 0.15) is 15.9 Å². The number of pyridine rings is 1. The van der Waals surface area contributed by atoms with Crippen molar-refractivity contribution in [1.29, 1.82) is 0 Å². The first-order valence-corrected chi connectivity index (χ1v) is 8.08. The molecule has 0 atom stereocenters. The Morgan fingerprint density at radius 1 is 1.00 bits per heavy atom. The summed E-state index contributed by atoms with van der Waals surface area (Å²) in [6, 6.07) is 14.0. The zero-order valence-electron chi connectivity index (χ0n) is 12.8. The lowest BCUT2D eigenvalue weighted by Gasteiger charge is -2.08. The van der Waals surface area contributed by atoms with Crippen molar-refractivity contribution in [2.75, 3.05) is 0 Å². The van der Waals surface area contributed by atoms with Crippen LogP contribution >= 0.6 is 15.9 Å². The summed E-state index contributed by atoms with van der Waals surface area (Å²) in [5.74, 6) is -2.13. The van der Waals surface area contributed by atoms with E-state index in [9.17, 15) is 14.7 Å². The number of aromatic carboxylic acids is 1. The summed E-state index contributed by atoms with van der Waals surface area (Å²) in [7, 11) is 0. The molecule has 0 aliphatic rings. The van der Waals surface area contributed by atoms with E-state index < -0.39 is 11.9 Å². The summed E-state index contributed by atoms with van der Waals surface area (Å²) in [5, 5.41) is 18.7. The van der Waals surface area contributed by atoms with Crippen LogP contribution in [0.3, 0.4) is 0 Å². The number of rotatable bonds is 4. The predicted octanol–water partition coefficient (Wildman–Crippen LogP) is 4.46. The number of hydrogen-bond donors (Lipinski definition) is 2. The predicted molar refractivity (Wildman–Crippen MR) is 98.5 cm³/mol. The summed E-state index contributed by atoms with van der Waals surface area (Å²) in [6.45, 7) is 0. The molecule has 0 amide bonds. The van der Waals surface area contributed by atoms with Crippen molar-refractivity contribution in [2.45, 2.75) is 0 Å². The molecule has 0 spiro atoms. The standard InChI is InChI=1S/C19H12BrNO4/c20-13-5-3-12(4-6-13)17-10-15(19(24)25)14-9-11(2-8-18(22)23)1-7-16(14)21-17/h1-10H,(H,22,23)(H,24,25)/b8-2+. The molecule has 0 fully saturated rings. The van der Waals surface area contributed by atoms with Gasteiger partial charge in [-0.15, -0.1) is 0 Å². The molecule has 0 bridgehead atoms. The number of carboxylic acids is 2. The second-order valence-electron chi connectivity index (χ2n) is 5.32. The number of carbonyl (C=O) groups is 2. The van der Waals surface area contributed by atoms with Crippen molar-refractivity contribution in [3.8, 4) is 11.3 Å². The first-order chi connectivity index (χ1) is 11.9. The van der Waals surface area contributed by atoms with Crippen molar-refractivity contribution in [1.82, 2.24) is 4.98 Å². The fourth-order valence-corrected chi connectivity index (χ4v) is 2.72. The minimum Gasteiger partial charge on any atom is -0.478 e. The van der Waals surface area contributed by atoms with Crippen molar-refractivity contribution >= 4 is 44.8 Å². The maximum Gasteiger partial charge on any atom is 0.336 e. The van der Waals surface area contributed by atoms with Gasteiger partial charge in [0.15, 0.2) is 0 Å². The number of benzene rings is 2. The molecular weight excluding hydrogens is 386 g/mol. The Bertz CT molecular complexity index is 1010. The molecule has 1 aromatic heterocycles. The number of aliphatic carboxylic acids is 1. The van der Waals surface area contributed by atoms with Gasteiger partial charge in [-0.3, -0.25) is 0 Å². The van der Waals surface area contributed by atoms with Crippen LogP contribution in [0.4, 0.5) is 0 Å². The Hall–Kier alpha value is -2.99. The van der Waals surface area contributed by atoms with Crippen LogP contribution in [0, 0.1) is 0 Å². The first kappa shape index (κ1) is 16.9. The molecule has 3 aromatic rings. The molecule has 0 unspecified atom stereocenters. The molecule has 0 saturated carbocycles. The topological polar surface area (TPSA) is 87.5 Å². The highest BCUT2D eigenvalue weighted by molar-refractivity contribution is 9.10. The molecule has 2 N–H and O–H groups in total. The summed E-state index contributed by atoms with van der Waals surface area (Å²) in [4.78, 5) is 26.9. The third kappa shape index (κ3) is 3.75. The monoisotopic (exact) mass is 397 g/mol. The molecule has 5 nitrogen and oxygen atoms in total. The van der Waals surface area contributed by atoms with E-state index >= 15 is 0 Å². The van der Waals surface area contributed by atoms with Crippen LogP contribution < -0.4 is 0 Å². The lowest BCUT2D eigenvalue weighted by atomic mass is 10.0. The molecule has 25 heavy (non-hydrogen) atoms. The SMILES string of the molecule is O=C(O)/C=C/c1ccc2nc(-c3ccc(Br)cc3)cc(C(=O)O)c2c1. The van der Waals surface area contributed by atoms with Crippen LogP contribution in [0.2, 0.25) is 0 Å². The molecule has 0 aliphatic heterocycles. The Labute approximate surface area is 151 Å². The highest BCUT2D eigenvalue weighted by Crippen LogP contribution is 2.27. The van der Waals surface area contributed by atoms with E-state index in [0.29, 0.717) is 22.2 Å². The fourth-order valence-electron chi connectivity index (χ4n) is 2.46. The van der Waals surface area contributed by atoms with E-state index in [0.717, 1.165) is 16.1 Å². The van der Waals surface area contributed by atoms with E-state index in [2.05, 4.69) is 20.9 Å². The number of carboxylic acid groups (broad SMARTS) is 2. The van der Waals surface area contributed by atoms with Gasteiger partial charge in [-0.2, -0.15) is 0 Å². The molecule has 1 heterocycles. The molecule has 6 heteroatoms. The van der Waals surface area contributed by atoms with Gasteiger partial charge in [-0.1, -0.05) is 34.1 Å². The Kier molecular flexibility index (Phi) is 4.63. The van der Waals surface area contributed by atoms with E-state index in [-0.39, 0.29) is 5.56 Å². The minimum atomic E-state index is -1.07. The van der Waals surface area contributed by atoms with Crippen LogP contribution in [0.15, 0.2) is 59.1 Å². The Morgan fingerprint density at radius 2 is 1.72 bits per heavy atom. The summed E-state index contributed by atoms with van der Waals surface area (Å²) in [6.07, 6.45) is 2.42. The third-order valence-electron chi connectivity index (χ3n) is 3.62. The molecule has 2 aromatic carbocycles. The molecular formula is C19H12BrNO4. The van der Waals surface area contributed by atoms with Gasteiger partial charge in [0.2, 0.25) is 0 Å².